The van der Waals surface area contributed by atoms with Gasteiger partial charge in [-0.2, -0.15) is 0 Å². The van der Waals surface area contributed by atoms with Crippen LogP contribution in [0.4, 0.5) is 4.39 Å². The molecule has 1 N–H and O–H groups in total. The smallest absolute Gasteiger partial charge is 0.131 e. The number of hydrogen-bond acceptors (Lipinski definition) is 2. The van der Waals surface area contributed by atoms with Crippen LogP contribution >= 0.6 is 0 Å². The number of halogens is 1. The van der Waals surface area contributed by atoms with Crippen LogP contribution in [0.5, 0.6) is 5.75 Å². The Morgan fingerprint density at radius 3 is 2.76 bits per heavy atom. The maximum atomic E-state index is 13.8. The Balaban J connectivity index is 2.75. The molecule has 0 radical (unpaired) electrons. The van der Waals surface area contributed by atoms with Crippen molar-refractivity contribution in [1.29, 1.82) is 0 Å². The molecule has 1 aromatic rings. The van der Waals surface area contributed by atoms with Gasteiger partial charge < -0.3 is 10.1 Å². The molecule has 0 fully saturated rings. The van der Waals surface area contributed by atoms with Crippen LogP contribution in [0, 0.1) is 5.82 Å². The first-order chi connectivity index (χ1) is 8.04. The van der Waals surface area contributed by atoms with Gasteiger partial charge in [-0.3, -0.25) is 0 Å². The fourth-order valence-corrected chi connectivity index (χ4v) is 1.57. The molecule has 0 heterocycles. The van der Waals surface area contributed by atoms with Gasteiger partial charge in [0.1, 0.15) is 18.2 Å². The summed E-state index contributed by atoms with van der Waals surface area (Å²) in [7, 11) is 0. The zero-order chi connectivity index (χ0) is 12.8. The highest BCUT2D eigenvalue weighted by atomic mass is 19.1. The van der Waals surface area contributed by atoms with E-state index >= 15 is 0 Å². The van der Waals surface area contributed by atoms with Crippen LogP contribution in [0.3, 0.4) is 0 Å². The van der Waals surface area contributed by atoms with Crippen molar-refractivity contribution in [3.8, 4) is 5.75 Å². The van der Waals surface area contributed by atoms with Crippen LogP contribution in [-0.4, -0.2) is 13.2 Å². The molecule has 1 aromatic carbocycles. The Morgan fingerprint density at radius 1 is 1.53 bits per heavy atom. The Morgan fingerprint density at radius 2 is 2.24 bits per heavy atom. The standard InChI is InChI=1S/C14H20FNO/c1-5-16-11(4)13-7-6-12(8-14(13)15)17-9-10(2)3/h6-8,11,16H,2,5,9H2,1,3-4H3. The second-order valence-corrected chi connectivity index (χ2v) is 4.21. The van der Waals surface area contributed by atoms with Crippen molar-refractivity contribution in [2.75, 3.05) is 13.2 Å². The zero-order valence-corrected chi connectivity index (χ0v) is 10.7. The second-order valence-electron chi connectivity index (χ2n) is 4.21. The monoisotopic (exact) mass is 237 g/mol. The van der Waals surface area contributed by atoms with Crippen LogP contribution in [0.25, 0.3) is 0 Å². The largest absolute Gasteiger partial charge is 0.489 e. The van der Waals surface area contributed by atoms with Gasteiger partial charge >= 0.3 is 0 Å². The van der Waals surface area contributed by atoms with Gasteiger partial charge in [0.25, 0.3) is 0 Å². The van der Waals surface area contributed by atoms with E-state index in [0.717, 1.165) is 12.1 Å². The minimum absolute atomic E-state index is 0.00944. The van der Waals surface area contributed by atoms with Crippen LogP contribution < -0.4 is 10.1 Å². The number of rotatable bonds is 6. The molecule has 0 amide bonds. The molecule has 0 spiro atoms. The average molecular weight is 237 g/mol. The van der Waals surface area contributed by atoms with Crippen LogP contribution in [0.15, 0.2) is 30.4 Å². The van der Waals surface area contributed by atoms with E-state index in [4.69, 9.17) is 4.74 Å². The van der Waals surface area contributed by atoms with Crippen molar-refractivity contribution >= 4 is 0 Å². The first-order valence-corrected chi connectivity index (χ1v) is 5.84. The predicted molar refractivity (Wildman–Crippen MR) is 68.8 cm³/mol. The van der Waals surface area contributed by atoms with Crippen LogP contribution in [0.1, 0.15) is 32.4 Å². The molecular weight excluding hydrogens is 217 g/mol. The highest BCUT2D eigenvalue weighted by Crippen LogP contribution is 2.22. The fourth-order valence-electron chi connectivity index (χ4n) is 1.57. The molecule has 0 aliphatic carbocycles. The molecule has 0 saturated heterocycles. The molecule has 0 aromatic heterocycles. The molecule has 1 atom stereocenters. The summed E-state index contributed by atoms with van der Waals surface area (Å²) in [6.07, 6.45) is 0. The molecule has 0 aliphatic heterocycles. The lowest BCUT2D eigenvalue weighted by molar-refractivity contribution is 0.350. The van der Waals surface area contributed by atoms with Gasteiger partial charge in [0.2, 0.25) is 0 Å². The molecule has 1 rings (SSSR count). The van der Waals surface area contributed by atoms with E-state index in [1.807, 2.05) is 20.8 Å². The van der Waals surface area contributed by atoms with Crippen molar-refractivity contribution in [3.63, 3.8) is 0 Å². The van der Waals surface area contributed by atoms with E-state index in [1.165, 1.54) is 6.07 Å². The summed E-state index contributed by atoms with van der Waals surface area (Å²) in [5, 5.41) is 3.18. The van der Waals surface area contributed by atoms with Gasteiger partial charge in [-0.1, -0.05) is 19.6 Å². The average Bonchev–Trinajstić information content (AvgIpc) is 2.26. The number of hydrogen-bond donors (Lipinski definition) is 1. The van der Waals surface area contributed by atoms with E-state index in [9.17, 15) is 4.39 Å². The van der Waals surface area contributed by atoms with E-state index in [-0.39, 0.29) is 11.9 Å². The van der Waals surface area contributed by atoms with E-state index in [1.54, 1.807) is 12.1 Å². The second kappa shape index (κ2) is 6.40. The van der Waals surface area contributed by atoms with Crippen molar-refractivity contribution in [3.05, 3.63) is 41.7 Å². The quantitative estimate of drug-likeness (QED) is 0.765. The summed E-state index contributed by atoms with van der Waals surface area (Å²) in [5.74, 6) is 0.301. The van der Waals surface area contributed by atoms with E-state index in [0.29, 0.717) is 17.9 Å². The highest BCUT2D eigenvalue weighted by molar-refractivity contribution is 5.30. The summed E-state index contributed by atoms with van der Waals surface area (Å²) in [6, 6.07) is 4.98. The highest BCUT2D eigenvalue weighted by Gasteiger charge is 2.10. The molecule has 1 unspecified atom stereocenters. The number of nitrogens with one attached hydrogen (secondary N) is 1. The number of ether oxygens (including phenoxy) is 1. The van der Waals surface area contributed by atoms with E-state index < -0.39 is 0 Å². The van der Waals surface area contributed by atoms with Gasteiger partial charge in [-0.25, -0.2) is 4.39 Å². The normalized spacial score (nSPS) is 12.2. The molecular formula is C14H20FNO. The topological polar surface area (TPSA) is 21.3 Å². The summed E-state index contributed by atoms with van der Waals surface area (Å²) in [4.78, 5) is 0. The van der Waals surface area contributed by atoms with Crippen LogP contribution in [-0.2, 0) is 0 Å². The lowest BCUT2D eigenvalue weighted by Crippen LogP contribution is -2.18. The first-order valence-electron chi connectivity index (χ1n) is 5.84. The Labute approximate surface area is 102 Å². The summed E-state index contributed by atoms with van der Waals surface area (Å²) < 4.78 is 19.2. The van der Waals surface area contributed by atoms with Gasteiger partial charge in [0, 0.05) is 17.7 Å². The van der Waals surface area contributed by atoms with Gasteiger partial charge in [0.05, 0.1) is 0 Å². The maximum absolute atomic E-state index is 13.8. The van der Waals surface area contributed by atoms with Crippen molar-refractivity contribution < 1.29 is 9.13 Å². The summed E-state index contributed by atoms with van der Waals surface area (Å²) in [5.41, 5.74) is 1.57. The van der Waals surface area contributed by atoms with Crippen molar-refractivity contribution in [2.45, 2.75) is 26.8 Å². The predicted octanol–water partition coefficient (Wildman–Crippen LogP) is 3.45. The van der Waals surface area contributed by atoms with Crippen LogP contribution in [0.2, 0.25) is 0 Å². The minimum atomic E-state index is -0.238. The van der Waals surface area contributed by atoms with Crippen molar-refractivity contribution in [2.24, 2.45) is 0 Å². The zero-order valence-electron chi connectivity index (χ0n) is 10.7. The lowest BCUT2D eigenvalue weighted by Gasteiger charge is -2.14. The van der Waals surface area contributed by atoms with E-state index in [2.05, 4.69) is 11.9 Å². The van der Waals surface area contributed by atoms with Gasteiger partial charge in [-0.05, 0) is 32.0 Å². The molecule has 0 aliphatic rings. The maximum Gasteiger partial charge on any atom is 0.131 e. The fraction of sp³-hybridized carbons (Fsp3) is 0.429. The molecule has 0 bridgehead atoms. The third-order valence-electron chi connectivity index (χ3n) is 2.43. The lowest BCUT2D eigenvalue weighted by atomic mass is 10.1. The SMILES string of the molecule is C=C(C)COc1ccc(C(C)NCC)c(F)c1. The Hall–Kier alpha value is -1.35. The summed E-state index contributed by atoms with van der Waals surface area (Å²) in [6.45, 7) is 10.8. The third-order valence-corrected chi connectivity index (χ3v) is 2.43. The molecule has 94 valence electrons. The van der Waals surface area contributed by atoms with Gasteiger partial charge in [-0.15, -0.1) is 0 Å². The molecule has 0 saturated carbocycles. The molecule has 3 heteroatoms. The van der Waals surface area contributed by atoms with Crippen molar-refractivity contribution in [1.82, 2.24) is 5.32 Å². The third kappa shape index (κ3) is 4.19. The minimum Gasteiger partial charge on any atom is -0.489 e. The Kier molecular flexibility index (Phi) is 5.16. The van der Waals surface area contributed by atoms with Gasteiger partial charge in [0.15, 0.2) is 0 Å². The number of benzene rings is 1. The Bertz CT molecular complexity index is 390. The molecule has 2 nitrogen and oxygen atoms in total. The first kappa shape index (κ1) is 13.7. The molecule has 17 heavy (non-hydrogen) atoms. The summed E-state index contributed by atoms with van der Waals surface area (Å²) >= 11 is 0.